The number of pyridine rings is 1. The molecule has 1 unspecified atom stereocenters. The van der Waals surface area contributed by atoms with Gasteiger partial charge in [-0.25, -0.2) is 9.98 Å². The number of para-hydroxylation sites is 1. The van der Waals surface area contributed by atoms with Gasteiger partial charge in [0.1, 0.15) is 10.8 Å². The lowest BCUT2D eigenvalue weighted by atomic mass is 10.0. The average Bonchev–Trinajstić information content (AvgIpc) is 2.66. The Bertz CT molecular complexity index is 810. The van der Waals surface area contributed by atoms with E-state index in [4.69, 9.17) is 26.8 Å². The minimum atomic E-state index is 0.0900. The number of fused-ring (bicyclic) bond motifs is 1. The molecular formula is C20H25ClN4O2. The molecule has 1 aliphatic rings. The molecule has 6 nitrogen and oxygen atoms in total. The maximum absolute atomic E-state index is 6.24. The van der Waals surface area contributed by atoms with E-state index in [2.05, 4.69) is 29.1 Å². The highest BCUT2D eigenvalue weighted by Gasteiger charge is 2.21. The van der Waals surface area contributed by atoms with Crippen LogP contribution in [-0.4, -0.2) is 24.2 Å². The van der Waals surface area contributed by atoms with Crippen LogP contribution >= 0.6 is 11.6 Å². The lowest BCUT2D eigenvalue weighted by molar-refractivity contribution is 0.261. The summed E-state index contributed by atoms with van der Waals surface area (Å²) in [6.45, 7) is 5.76. The zero-order valence-electron chi connectivity index (χ0n) is 15.6. The maximum atomic E-state index is 6.24. The van der Waals surface area contributed by atoms with Gasteiger partial charge in [0.2, 0.25) is 5.88 Å². The summed E-state index contributed by atoms with van der Waals surface area (Å²) in [6.07, 6.45) is 2.55. The molecule has 144 valence electrons. The summed E-state index contributed by atoms with van der Waals surface area (Å²) in [5, 5.41) is 3.75. The summed E-state index contributed by atoms with van der Waals surface area (Å²) in [4.78, 5) is 8.68. The Morgan fingerprint density at radius 3 is 3.04 bits per heavy atom. The van der Waals surface area contributed by atoms with Crippen LogP contribution in [0.1, 0.15) is 37.4 Å². The van der Waals surface area contributed by atoms with Crippen molar-refractivity contribution in [3.05, 3.63) is 52.7 Å². The van der Waals surface area contributed by atoms with Crippen LogP contribution in [0, 0.1) is 5.92 Å². The van der Waals surface area contributed by atoms with Crippen molar-refractivity contribution in [2.75, 3.05) is 13.2 Å². The summed E-state index contributed by atoms with van der Waals surface area (Å²) in [6, 6.07) is 9.86. The first-order chi connectivity index (χ1) is 13.0. The van der Waals surface area contributed by atoms with Crippen molar-refractivity contribution in [3.63, 3.8) is 0 Å². The molecule has 0 fully saturated rings. The number of hydrogen-bond acceptors (Lipinski definition) is 4. The number of nitrogens with two attached hydrogens (primary N) is 1. The van der Waals surface area contributed by atoms with Gasteiger partial charge in [-0.2, -0.15) is 0 Å². The molecule has 27 heavy (non-hydrogen) atoms. The first-order valence-corrected chi connectivity index (χ1v) is 9.46. The highest BCUT2D eigenvalue weighted by Crippen LogP contribution is 2.31. The number of aromatic nitrogens is 1. The summed E-state index contributed by atoms with van der Waals surface area (Å²) < 4.78 is 11.3. The molecule has 3 N–H and O–H groups in total. The fourth-order valence-electron chi connectivity index (χ4n) is 2.80. The lowest BCUT2D eigenvalue weighted by Crippen LogP contribution is -2.37. The number of halogens is 1. The van der Waals surface area contributed by atoms with Gasteiger partial charge < -0.3 is 20.5 Å². The number of rotatable bonds is 6. The molecule has 7 heteroatoms. The van der Waals surface area contributed by atoms with E-state index in [1.54, 1.807) is 6.20 Å². The molecule has 0 bridgehead atoms. The van der Waals surface area contributed by atoms with Crippen LogP contribution in [0.5, 0.6) is 11.6 Å². The smallest absolute Gasteiger partial charge is 0.232 e. The van der Waals surface area contributed by atoms with Crippen LogP contribution in [0.25, 0.3) is 0 Å². The Morgan fingerprint density at radius 1 is 1.44 bits per heavy atom. The van der Waals surface area contributed by atoms with Crippen LogP contribution in [0.3, 0.4) is 0 Å². The van der Waals surface area contributed by atoms with Crippen LogP contribution in [0.15, 0.2) is 41.5 Å². The second-order valence-electron chi connectivity index (χ2n) is 6.91. The number of hydrogen-bond donors (Lipinski definition) is 2. The molecule has 0 aliphatic carbocycles. The molecule has 2 aromatic rings. The van der Waals surface area contributed by atoms with Crippen molar-refractivity contribution in [1.29, 1.82) is 0 Å². The Hall–Kier alpha value is -2.47. The molecule has 1 atom stereocenters. The Balaban J connectivity index is 1.60. The fourth-order valence-corrected chi connectivity index (χ4v) is 3.04. The van der Waals surface area contributed by atoms with Crippen LogP contribution < -0.4 is 20.5 Å². The average molecular weight is 389 g/mol. The molecular weight excluding hydrogens is 364 g/mol. The van der Waals surface area contributed by atoms with Gasteiger partial charge in [0, 0.05) is 18.2 Å². The largest absolute Gasteiger partial charge is 0.493 e. The van der Waals surface area contributed by atoms with Crippen molar-refractivity contribution in [2.45, 2.75) is 32.9 Å². The van der Waals surface area contributed by atoms with Gasteiger partial charge in [-0.05, 0) is 23.6 Å². The van der Waals surface area contributed by atoms with Crippen molar-refractivity contribution in [1.82, 2.24) is 10.3 Å². The highest BCUT2D eigenvalue weighted by atomic mass is 35.5. The quantitative estimate of drug-likeness (QED) is 0.582. The SMILES string of the molecule is CC(C)COc1ncc(CN=C(N)NC2CCOc3ccccc32)cc1Cl. The first kappa shape index (κ1) is 19.3. The second-order valence-corrected chi connectivity index (χ2v) is 7.32. The Kier molecular flexibility index (Phi) is 6.40. The lowest BCUT2D eigenvalue weighted by Gasteiger charge is -2.26. The second kappa shape index (κ2) is 8.95. The van der Waals surface area contributed by atoms with E-state index in [0.717, 1.165) is 23.3 Å². The van der Waals surface area contributed by atoms with E-state index in [1.807, 2.05) is 30.3 Å². The van der Waals surface area contributed by atoms with Crippen molar-refractivity contribution >= 4 is 17.6 Å². The number of ether oxygens (including phenoxy) is 2. The highest BCUT2D eigenvalue weighted by molar-refractivity contribution is 6.31. The fraction of sp³-hybridized carbons (Fsp3) is 0.400. The molecule has 0 saturated heterocycles. The molecule has 0 spiro atoms. The topological polar surface area (TPSA) is 81.8 Å². The van der Waals surface area contributed by atoms with Crippen LogP contribution in [0.2, 0.25) is 5.02 Å². The minimum absolute atomic E-state index is 0.0900. The molecule has 0 saturated carbocycles. The minimum Gasteiger partial charge on any atom is -0.493 e. The van der Waals surface area contributed by atoms with Crippen molar-refractivity contribution < 1.29 is 9.47 Å². The van der Waals surface area contributed by atoms with E-state index in [9.17, 15) is 0 Å². The maximum Gasteiger partial charge on any atom is 0.232 e. The van der Waals surface area contributed by atoms with E-state index >= 15 is 0 Å². The third kappa shape index (κ3) is 5.26. The van der Waals surface area contributed by atoms with Gasteiger partial charge >= 0.3 is 0 Å². The summed E-state index contributed by atoms with van der Waals surface area (Å²) in [7, 11) is 0. The van der Waals surface area contributed by atoms with Crippen LogP contribution in [-0.2, 0) is 6.54 Å². The summed E-state index contributed by atoms with van der Waals surface area (Å²) in [5.41, 5.74) is 8.04. The van der Waals surface area contributed by atoms with Gasteiger partial charge in [-0.1, -0.05) is 43.6 Å². The monoisotopic (exact) mass is 388 g/mol. The molecule has 1 aliphatic heterocycles. The summed E-state index contributed by atoms with van der Waals surface area (Å²) in [5.74, 6) is 2.13. The van der Waals surface area contributed by atoms with E-state index in [1.165, 1.54) is 0 Å². The molecule has 1 aromatic carbocycles. The van der Waals surface area contributed by atoms with Gasteiger partial charge in [0.05, 0.1) is 25.8 Å². The standard InChI is InChI=1S/C20H25ClN4O2/c1-13(2)12-27-19-16(21)9-14(10-23-19)11-24-20(22)25-17-7-8-26-18-6-4-3-5-15(17)18/h3-6,9-10,13,17H,7-8,11-12H2,1-2H3,(H3,22,24,25). The van der Waals surface area contributed by atoms with E-state index < -0.39 is 0 Å². The van der Waals surface area contributed by atoms with Gasteiger partial charge in [0.25, 0.3) is 0 Å². The first-order valence-electron chi connectivity index (χ1n) is 9.08. The Labute approximate surface area is 164 Å². The molecule has 2 heterocycles. The third-order valence-corrected chi connectivity index (χ3v) is 4.40. The van der Waals surface area contributed by atoms with E-state index in [-0.39, 0.29) is 6.04 Å². The number of nitrogens with zero attached hydrogens (tertiary/aromatic N) is 2. The van der Waals surface area contributed by atoms with Gasteiger partial charge in [-0.15, -0.1) is 0 Å². The number of benzene rings is 1. The number of guanidine groups is 1. The predicted molar refractivity (Wildman–Crippen MR) is 107 cm³/mol. The van der Waals surface area contributed by atoms with Crippen molar-refractivity contribution in [3.8, 4) is 11.6 Å². The van der Waals surface area contributed by atoms with Crippen LogP contribution in [0.4, 0.5) is 0 Å². The number of nitrogens with one attached hydrogen (secondary N) is 1. The van der Waals surface area contributed by atoms with Gasteiger partial charge in [0.15, 0.2) is 5.96 Å². The zero-order chi connectivity index (χ0) is 19.2. The third-order valence-electron chi connectivity index (χ3n) is 4.13. The molecule has 1 aromatic heterocycles. The normalized spacial score (nSPS) is 16.6. The van der Waals surface area contributed by atoms with Gasteiger partial charge in [-0.3, -0.25) is 0 Å². The number of aliphatic imine (C=N–C) groups is 1. The predicted octanol–water partition coefficient (Wildman–Crippen LogP) is 3.70. The van der Waals surface area contributed by atoms with Crippen molar-refractivity contribution in [2.24, 2.45) is 16.6 Å². The summed E-state index contributed by atoms with van der Waals surface area (Å²) >= 11 is 6.24. The molecule has 0 amide bonds. The zero-order valence-corrected chi connectivity index (χ0v) is 16.4. The molecule has 3 rings (SSSR count). The van der Waals surface area contributed by atoms with E-state index in [0.29, 0.717) is 42.5 Å². The Morgan fingerprint density at radius 2 is 2.26 bits per heavy atom. The molecule has 0 radical (unpaired) electrons.